The van der Waals surface area contributed by atoms with Gasteiger partial charge in [-0.3, -0.25) is 4.79 Å². The van der Waals surface area contributed by atoms with Crippen LogP contribution in [0.2, 0.25) is 0 Å². The Labute approximate surface area is 141 Å². The van der Waals surface area contributed by atoms with Gasteiger partial charge in [-0.05, 0) is 31.2 Å². The second-order valence-electron chi connectivity index (χ2n) is 5.26. The van der Waals surface area contributed by atoms with Crippen LogP contribution in [-0.2, 0) is 0 Å². The molecule has 0 amide bonds. The van der Waals surface area contributed by atoms with Crippen molar-refractivity contribution in [2.45, 2.75) is 6.92 Å². The van der Waals surface area contributed by atoms with E-state index in [2.05, 4.69) is 4.98 Å². The van der Waals surface area contributed by atoms with Crippen LogP contribution in [0.5, 0.6) is 11.5 Å². The highest BCUT2D eigenvalue weighted by Gasteiger charge is 2.12. The minimum absolute atomic E-state index is 0.0367. The minimum atomic E-state index is -0.134. The Morgan fingerprint density at radius 3 is 2.92 bits per heavy atom. The first kappa shape index (κ1) is 14.7. The number of phenolic OH excluding ortho intramolecular Hbond substituents is 1. The van der Waals surface area contributed by atoms with E-state index in [0.717, 1.165) is 11.0 Å². The van der Waals surface area contributed by atoms with Crippen LogP contribution < -0.4 is 14.8 Å². The maximum absolute atomic E-state index is 12.7. The third kappa shape index (κ3) is 2.23. The first-order valence-corrected chi connectivity index (χ1v) is 8.37. The summed E-state index contributed by atoms with van der Waals surface area (Å²) in [5.74, 6) is 0.445. The number of para-hydroxylation sites is 3. The topological polar surface area (TPSA) is 63.8 Å². The van der Waals surface area contributed by atoms with Crippen molar-refractivity contribution in [2.24, 2.45) is 0 Å². The molecule has 1 N–H and O–H groups in total. The molecule has 0 radical (unpaired) electrons. The largest absolute Gasteiger partial charge is 0.504 e. The van der Waals surface area contributed by atoms with Crippen molar-refractivity contribution in [1.29, 1.82) is 0 Å². The molecule has 0 spiro atoms. The molecule has 120 valence electrons. The van der Waals surface area contributed by atoms with E-state index < -0.39 is 0 Å². The van der Waals surface area contributed by atoms with Gasteiger partial charge in [-0.15, -0.1) is 0 Å². The number of ether oxygens (including phenoxy) is 1. The standard InChI is InChI=1S/C18H14N2O3S/c1-2-23-14-9-5-6-11(16(14)21)10-15-17(22)20-13-8-4-3-7-12(13)19-18(20)24-15/h3-10,21H,2H2,1H3/b15-10-. The van der Waals surface area contributed by atoms with Crippen LogP contribution in [0.25, 0.3) is 22.1 Å². The fourth-order valence-corrected chi connectivity index (χ4v) is 3.66. The van der Waals surface area contributed by atoms with Crippen molar-refractivity contribution >= 4 is 33.4 Å². The summed E-state index contributed by atoms with van der Waals surface area (Å²) in [6.07, 6.45) is 1.67. The van der Waals surface area contributed by atoms with E-state index in [1.54, 1.807) is 28.7 Å². The summed E-state index contributed by atoms with van der Waals surface area (Å²) in [5.41, 5.74) is 2.01. The van der Waals surface area contributed by atoms with E-state index in [1.165, 1.54) is 11.3 Å². The lowest BCUT2D eigenvalue weighted by molar-refractivity contribution is 0.318. The number of benzene rings is 2. The van der Waals surface area contributed by atoms with E-state index in [0.29, 0.717) is 27.4 Å². The SMILES string of the molecule is CCOc1cccc(/C=c2\sc3nc4ccccc4n3c2=O)c1O. The Bertz CT molecular complexity index is 1160. The molecule has 4 rings (SSSR count). The van der Waals surface area contributed by atoms with Gasteiger partial charge >= 0.3 is 0 Å². The number of thiazole rings is 1. The van der Waals surface area contributed by atoms with Crippen LogP contribution in [0, 0.1) is 0 Å². The van der Waals surface area contributed by atoms with Gasteiger partial charge in [-0.25, -0.2) is 9.38 Å². The normalized spacial score (nSPS) is 12.3. The highest BCUT2D eigenvalue weighted by molar-refractivity contribution is 7.15. The summed E-state index contributed by atoms with van der Waals surface area (Å²) in [5, 5.41) is 10.3. The molecule has 0 fully saturated rings. The molecule has 0 saturated carbocycles. The quantitative estimate of drug-likeness (QED) is 0.623. The second-order valence-corrected chi connectivity index (χ2v) is 6.27. The second kappa shape index (κ2) is 5.65. The summed E-state index contributed by atoms with van der Waals surface area (Å²) in [6.45, 7) is 2.31. The van der Waals surface area contributed by atoms with Gasteiger partial charge in [0.1, 0.15) is 0 Å². The van der Waals surface area contributed by atoms with Gasteiger partial charge < -0.3 is 9.84 Å². The maximum atomic E-state index is 12.7. The summed E-state index contributed by atoms with van der Waals surface area (Å²) in [7, 11) is 0. The zero-order valence-electron chi connectivity index (χ0n) is 12.9. The zero-order valence-corrected chi connectivity index (χ0v) is 13.7. The first-order valence-electron chi connectivity index (χ1n) is 7.55. The molecule has 0 aliphatic rings. The summed E-state index contributed by atoms with van der Waals surface area (Å²) in [4.78, 5) is 17.8. The van der Waals surface area contributed by atoms with Gasteiger partial charge in [0.2, 0.25) is 0 Å². The Balaban J connectivity index is 1.94. The van der Waals surface area contributed by atoms with E-state index in [1.807, 2.05) is 31.2 Å². The van der Waals surface area contributed by atoms with Crippen LogP contribution in [0.15, 0.2) is 47.3 Å². The number of rotatable bonds is 3. The fourth-order valence-electron chi connectivity index (χ4n) is 2.68. The van der Waals surface area contributed by atoms with Gasteiger partial charge in [0, 0.05) is 5.56 Å². The number of fused-ring (bicyclic) bond motifs is 3. The van der Waals surface area contributed by atoms with Crippen molar-refractivity contribution in [3.63, 3.8) is 0 Å². The van der Waals surface area contributed by atoms with Crippen LogP contribution in [0.4, 0.5) is 0 Å². The molecule has 0 aliphatic heterocycles. The van der Waals surface area contributed by atoms with Crippen molar-refractivity contribution in [2.75, 3.05) is 6.61 Å². The number of nitrogens with zero attached hydrogens (tertiary/aromatic N) is 2. The smallest absolute Gasteiger partial charge is 0.274 e. The summed E-state index contributed by atoms with van der Waals surface area (Å²) >= 11 is 1.30. The fraction of sp³-hybridized carbons (Fsp3) is 0.111. The lowest BCUT2D eigenvalue weighted by Crippen LogP contribution is -2.22. The molecule has 6 heteroatoms. The van der Waals surface area contributed by atoms with Gasteiger partial charge in [-0.2, -0.15) is 0 Å². The lowest BCUT2D eigenvalue weighted by Gasteiger charge is -2.06. The van der Waals surface area contributed by atoms with E-state index in [9.17, 15) is 9.90 Å². The molecule has 5 nitrogen and oxygen atoms in total. The molecule has 0 aliphatic carbocycles. The molecule has 0 unspecified atom stereocenters. The third-order valence-corrected chi connectivity index (χ3v) is 4.73. The van der Waals surface area contributed by atoms with Crippen LogP contribution in [0.1, 0.15) is 12.5 Å². The Hall–Kier alpha value is -2.86. The average molecular weight is 338 g/mol. The maximum Gasteiger partial charge on any atom is 0.274 e. The molecule has 0 bridgehead atoms. The molecule has 24 heavy (non-hydrogen) atoms. The third-order valence-electron chi connectivity index (χ3n) is 3.76. The van der Waals surface area contributed by atoms with Crippen molar-refractivity contribution in [3.8, 4) is 11.5 Å². The van der Waals surface area contributed by atoms with Crippen molar-refractivity contribution in [3.05, 3.63) is 62.9 Å². The number of aromatic nitrogens is 2. The zero-order chi connectivity index (χ0) is 16.7. The molecular formula is C18H14N2O3S. The summed E-state index contributed by atoms with van der Waals surface area (Å²) < 4.78 is 7.51. The minimum Gasteiger partial charge on any atom is -0.504 e. The number of aromatic hydroxyl groups is 1. The Morgan fingerprint density at radius 1 is 1.25 bits per heavy atom. The highest BCUT2D eigenvalue weighted by Crippen LogP contribution is 2.30. The van der Waals surface area contributed by atoms with Gasteiger partial charge in [0.05, 0.1) is 22.2 Å². The number of hydrogen-bond donors (Lipinski definition) is 1. The van der Waals surface area contributed by atoms with Gasteiger partial charge in [0.25, 0.3) is 5.56 Å². The molecule has 4 aromatic rings. The number of phenols is 1. The predicted octanol–water partition coefficient (Wildman–Crippen LogP) is 2.56. The van der Waals surface area contributed by atoms with E-state index >= 15 is 0 Å². The monoisotopic (exact) mass is 338 g/mol. The summed E-state index contributed by atoms with van der Waals surface area (Å²) in [6, 6.07) is 12.8. The lowest BCUT2D eigenvalue weighted by atomic mass is 10.2. The highest BCUT2D eigenvalue weighted by atomic mass is 32.1. The van der Waals surface area contributed by atoms with Crippen molar-refractivity contribution < 1.29 is 9.84 Å². The van der Waals surface area contributed by atoms with Crippen LogP contribution in [-0.4, -0.2) is 21.1 Å². The average Bonchev–Trinajstić information content (AvgIpc) is 3.08. The molecule has 2 aromatic heterocycles. The van der Waals surface area contributed by atoms with Gasteiger partial charge in [0.15, 0.2) is 16.5 Å². The molecule has 2 aromatic carbocycles. The molecular weight excluding hydrogens is 324 g/mol. The molecule has 2 heterocycles. The molecule has 0 saturated heterocycles. The van der Waals surface area contributed by atoms with Crippen LogP contribution in [0.3, 0.4) is 0 Å². The van der Waals surface area contributed by atoms with Crippen molar-refractivity contribution in [1.82, 2.24) is 9.38 Å². The van der Waals surface area contributed by atoms with Gasteiger partial charge in [-0.1, -0.05) is 35.6 Å². The first-order chi connectivity index (χ1) is 11.7. The predicted molar refractivity (Wildman–Crippen MR) is 94.9 cm³/mol. The number of hydrogen-bond acceptors (Lipinski definition) is 5. The van der Waals surface area contributed by atoms with E-state index in [4.69, 9.17) is 4.74 Å². The van der Waals surface area contributed by atoms with Crippen LogP contribution >= 0.6 is 11.3 Å². The van der Waals surface area contributed by atoms with E-state index in [-0.39, 0.29) is 11.3 Å². The Morgan fingerprint density at radius 2 is 2.08 bits per heavy atom. The Kier molecular flexibility index (Phi) is 3.46. The molecule has 0 atom stereocenters. The number of imidazole rings is 1.